The van der Waals surface area contributed by atoms with E-state index in [-0.39, 0.29) is 41.5 Å². The summed E-state index contributed by atoms with van der Waals surface area (Å²) in [4.78, 5) is 46.1. The van der Waals surface area contributed by atoms with E-state index in [4.69, 9.17) is 19.3 Å². The number of methoxy groups -OCH3 is 2. The summed E-state index contributed by atoms with van der Waals surface area (Å²) >= 11 is 1.53. The average Bonchev–Trinajstić information content (AvgIpc) is 2.93. The maximum absolute atomic E-state index is 12.0. The number of aliphatic carboxylic acids is 1. The number of phenols is 1. The van der Waals surface area contributed by atoms with Gasteiger partial charge in [-0.2, -0.15) is 11.8 Å². The van der Waals surface area contributed by atoms with E-state index in [1.807, 2.05) is 6.26 Å². The van der Waals surface area contributed by atoms with Gasteiger partial charge in [-0.1, -0.05) is 18.2 Å². The maximum atomic E-state index is 12.0. The molecule has 11 nitrogen and oxygen atoms in total. The second-order valence-corrected chi connectivity index (χ2v) is 11.6. The van der Waals surface area contributed by atoms with E-state index < -0.39 is 23.7 Å². The number of alkyl carbamates (subject to hydrolysis) is 1. The average molecular weight is 622 g/mol. The molecule has 0 saturated carbocycles. The third kappa shape index (κ3) is 15.3. The molecule has 3 unspecified atom stereocenters. The molecular formula is C31H43NO10S. The van der Waals surface area contributed by atoms with Gasteiger partial charge in [0.1, 0.15) is 23.5 Å². The minimum atomic E-state index is -1.04. The number of carbonyl (C=O) groups excluding carboxylic acids is 3. The van der Waals surface area contributed by atoms with Crippen molar-refractivity contribution in [3.8, 4) is 11.5 Å². The van der Waals surface area contributed by atoms with Crippen LogP contribution in [0.3, 0.4) is 0 Å². The second-order valence-electron chi connectivity index (χ2n) is 10.6. The van der Waals surface area contributed by atoms with Gasteiger partial charge in [0.25, 0.3) is 0 Å². The smallest absolute Gasteiger partial charge is 0.408 e. The fourth-order valence-corrected chi connectivity index (χ4v) is 4.20. The number of aliphatic hydroxyl groups is 1. The third-order valence-corrected chi connectivity index (χ3v) is 6.57. The maximum Gasteiger partial charge on any atom is 0.408 e. The molecule has 2 rings (SSSR count). The summed E-state index contributed by atoms with van der Waals surface area (Å²) in [6.45, 7) is 5.18. The van der Waals surface area contributed by atoms with Crippen LogP contribution in [-0.2, 0) is 23.9 Å². The van der Waals surface area contributed by atoms with Gasteiger partial charge < -0.3 is 34.8 Å². The molecule has 3 atom stereocenters. The molecule has 0 spiro atoms. The van der Waals surface area contributed by atoms with Crippen LogP contribution >= 0.6 is 11.8 Å². The van der Waals surface area contributed by atoms with Crippen LogP contribution in [0.15, 0.2) is 48.3 Å². The molecule has 43 heavy (non-hydrogen) atoms. The number of nitrogens with one attached hydrogen (secondary N) is 1. The molecule has 0 aliphatic heterocycles. The zero-order valence-corrected chi connectivity index (χ0v) is 26.3. The van der Waals surface area contributed by atoms with Crippen molar-refractivity contribution < 1.29 is 48.7 Å². The van der Waals surface area contributed by atoms with Crippen molar-refractivity contribution >= 4 is 41.5 Å². The highest BCUT2D eigenvalue weighted by Gasteiger charge is 2.24. The van der Waals surface area contributed by atoms with E-state index in [1.165, 1.54) is 44.2 Å². The molecule has 4 N–H and O–H groups in total. The Hall–Kier alpha value is -3.77. The first-order chi connectivity index (χ1) is 20.2. The standard InChI is InChI=1S/C21H24O6.C10H19NO4S/c1-26-20-11-14(5-9-18(20)24)3-7-16(22)13-17(23)8-4-15-6-10-19(25)21(12-15)27-2;1-10(2,3)15-9(14)11-7(8(12)13)5-6-16-4/h3-5,7-11,15,21,24-25H,6,12-13H2,1-2H3;7H,5-6H2,1-4H3,(H,11,14)(H,12,13)/b7-3+,8-4+;. The number of carbonyl (C=O) groups is 4. The first-order valence-corrected chi connectivity index (χ1v) is 15.0. The van der Waals surface area contributed by atoms with Crippen LogP contribution in [0.25, 0.3) is 6.08 Å². The zero-order chi connectivity index (χ0) is 32.6. The summed E-state index contributed by atoms with van der Waals surface area (Å²) in [5, 5.41) is 30.4. The quantitative estimate of drug-likeness (QED) is 0.171. The Morgan fingerprint density at radius 1 is 1.12 bits per heavy atom. The molecule has 1 amide bonds. The molecule has 0 aromatic heterocycles. The van der Waals surface area contributed by atoms with Gasteiger partial charge in [-0.25, -0.2) is 9.59 Å². The van der Waals surface area contributed by atoms with Crippen LogP contribution in [-0.4, -0.2) is 82.9 Å². The lowest BCUT2D eigenvalue weighted by Crippen LogP contribution is -2.43. The second kappa shape index (κ2) is 18.7. The number of hydrogen-bond acceptors (Lipinski definition) is 10. The first kappa shape index (κ1) is 37.3. The van der Waals surface area contributed by atoms with Gasteiger partial charge in [-0.05, 0) is 93.9 Å². The first-order valence-electron chi connectivity index (χ1n) is 13.6. The van der Waals surface area contributed by atoms with Crippen molar-refractivity contribution in [1.82, 2.24) is 5.32 Å². The van der Waals surface area contributed by atoms with Crippen molar-refractivity contribution in [2.75, 3.05) is 26.2 Å². The molecule has 0 fully saturated rings. The highest BCUT2D eigenvalue weighted by atomic mass is 32.2. The van der Waals surface area contributed by atoms with E-state index >= 15 is 0 Å². The Bertz CT molecular complexity index is 1190. The minimum Gasteiger partial charge on any atom is -0.510 e. The molecular weight excluding hydrogens is 578 g/mol. The Labute approximate surface area is 257 Å². The molecule has 238 valence electrons. The molecule has 0 saturated heterocycles. The van der Waals surface area contributed by atoms with Crippen molar-refractivity contribution in [2.45, 2.75) is 64.2 Å². The van der Waals surface area contributed by atoms with Crippen LogP contribution < -0.4 is 10.1 Å². The van der Waals surface area contributed by atoms with Crippen LogP contribution in [0, 0.1) is 5.92 Å². The highest BCUT2D eigenvalue weighted by molar-refractivity contribution is 7.98. The van der Waals surface area contributed by atoms with Crippen molar-refractivity contribution in [1.29, 1.82) is 0 Å². The zero-order valence-electron chi connectivity index (χ0n) is 25.5. The third-order valence-electron chi connectivity index (χ3n) is 5.93. The van der Waals surface area contributed by atoms with E-state index in [2.05, 4.69) is 5.32 Å². The number of benzene rings is 1. The summed E-state index contributed by atoms with van der Waals surface area (Å²) < 4.78 is 15.2. The lowest BCUT2D eigenvalue weighted by Gasteiger charge is -2.23. The predicted molar refractivity (Wildman–Crippen MR) is 165 cm³/mol. The normalized spacial score (nSPS) is 17.4. The lowest BCUT2D eigenvalue weighted by atomic mass is 9.90. The SMILES string of the molecule is COc1cc(/C=C/C(=O)CC(=O)/C=C/C2CC=C(O)C(OC)C2)ccc1O.CSCCC(NC(=O)OC(C)(C)C)C(=O)O. The van der Waals surface area contributed by atoms with Gasteiger partial charge in [0.15, 0.2) is 23.1 Å². The highest BCUT2D eigenvalue weighted by Crippen LogP contribution is 2.27. The Morgan fingerprint density at radius 3 is 2.37 bits per heavy atom. The number of aromatic hydroxyl groups is 1. The summed E-state index contributed by atoms with van der Waals surface area (Å²) in [5.41, 5.74) is 0.0625. The van der Waals surface area contributed by atoms with Crippen LogP contribution in [0.2, 0.25) is 0 Å². The topological polar surface area (TPSA) is 169 Å². The summed E-state index contributed by atoms with van der Waals surface area (Å²) in [6.07, 6.45) is 10.0. The van der Waals surface area contributed by atoms with Crippen LogP contribution in [0.5, 0.6) is 11.5 Å². The minimum absolute atomic E-state index is 0.0166. The van der Waals surface area contributed by atoms with Crippen molar-refractivity contribution in [3.05, 3.63) is 53.8 Å². The largest absolute Gasteiger partial charge is 0.510 e. The predicted octanol–water partition coefficient (Wildman–Crippen LogP) is 5.08. The van der Waals surface area contributed by atoms with E-state index in [0.717, 1.165) is 0 Å². The lowest BCUT2D eigenvalue weighted by molar-refractivity contribution is -0.139. The number of thioether (sulfide) groups is 1. The molecule has 1 aliphatic carbocycles. The summed E-state index contributed by atoms with van der Waals surface area (Å²) in [6, 6.07) is 3.82. The van der Waals surface area contributed by atoms with Crippen LogP contribution in [0.1, 0.15) is 52.0 Å². The van der Waals surface area contributed by atoms with E-state index in [1.54, 1.807) is 51.1 Å². The number of phenolic OH excluding ortho intramolecular Hbond substituents is 1. The Morgan fingerprint density at radius 2 is 1.79 bits per heavy atom. The van der Waals surface area contributed by atoms with Crippen molar-refractivity contribution in [3.63, 3.8) is 0 Å². The van der Waals surface area contributed by atoms with Gasteiger partial charge in [0, 0.05) is 7.11 Å². The molecule has 12 heteroatoms. The van der Waals surface area contributed by atoms with Gasteiger partial charge in [-0.15, -0.1) is 0 Å². The molecule has 1 aliphatic rings. The number of allylic oxidation sites excluding steroid dienone is 4. The van der Waals surface area contributed by atoms with Crippen LogP contribution in [0.4, 0.5) is 4.79 Å². The Balaban J connectivity index is 0.000000496. The molecule has 0 bridgehead atoms. The number of aliphatic hydroxyl groups excluding tert-OH is 1. The fourth-order valence-electron chi connectivity index (χ4n) is 3.73. The van der Waals surface area contributed by atoms with Gasteiger partial charge in [0.05, 0.1) is 13.5 Å². The number of ether oxygens (including phenoxy) is 3. The van der Waals surface area contributed by atoms with E-state index in [0.29, 0.717) is 36.3 Å². The molecule has 0 radical (unpaired) electrons. The van der Waals surface area contributed by atoms with Gasteiger partial charge in [0.2, 0.25) is 0 Å². The number of carboxylic acid groups (broad SMARTS) is 1. The monoisotopic (exact) mass is 621 g/mol. The number of carboxylic acids is 1. The summed E-state index contributed by atoms with van der Waals surface area (Å²) in [7, 11) is 2.97. The van der Waals surface area contributed by atoms with Gasteiger partial charge in [-0.3, -0.25) is 9.59 Å². The number of amides is 1. The Kier molecular flexibility index (Phi) is 16.2. The molecule has 0 heterocycles. The van der Waals surface area contributed by atoms with E-state index in [9.17, 15) is 29.4 Å². The summed E-state index contributed by atoms with van der Waals surface area (Å²) in [5.74, 6) is -0.321. The number of rotatable bonds is 13. The molecule has 1 aromatic rings. The van der Waals surface area contributed by atoms with Gasteiger partial charge >= 0.3 is 12.1 Å². The molecule has 1 aromatic carbocycles. The number of ketones is 2. The number of hydrogen-bond donors (Lipinski definition) is 4. The van der Waals surface area contributed by atoms with Crippen molar-refractivity contribution in [2.24, 2.45) is 5.92 Å². The fraction of sp³-hybridized carbons (Fsp3) is 0.484.